The van der Waals surface area contributed by atoms with E-state index in [-0.39, 0.29) is 25.7 Å². The molecule has 0 unspecified atom stereocenters. The van der Waals surface area contributed by atoms with Gasteiger partial charge < -0.3 is 19.7 Å². The minimum Gasteiger partial charge on any atom is -0.396 e. The van der Waals surface area contributed by atoms with E-state index in [1.54, 1.807) is 17.0 Å². The highest BCUT2D eigenvalue weighted by Gasteiger charge is 2.15. The second-order valence-corrected chi connectivity index (χ2v) is 5.59. The maximum Gasteiger partial charge on any atom is 0.253 e. The molecule has 0 aliphatic carbocycles. The molecule has 124 valence electrons. The van der Waals surface area contributed by atoms with Crippen LogP contribution in [0, 0.1) is 13.8 Å². The van der Waals surface area contributed by atoms with Crippen molar-refractivity contribution in [1.82, 2.24) is 9.47 Å². The van der Waals surface area contributed by atoms with Gasteiger partial charge in [0, 0.05) is 42.3 Å². The Hall–Kier alpha value is -2.11. The Kier molecular flexibility index (Phi) is 5.96. The van der Waals surface area contributed by atoms with Gasteiger partial charge in [0.25, 0.3) is 5.91 Å². The molecule has 5 nitrogen and oxygen atoms in total. The number of aliphatic hydroxyl groups is 2. The van der Waals surface area contributed by atoms with E-state index in [9.17, 15) is 4.79 Å². The van der Waals surface area contributed by atoms with Gasteiger partial charge in [-0.3, -0.25) is 4.79 Å². The zero-order valence-electron chi connectivity index (χ0n) is 13.7. The standard InChI is InChI=1S/C18H24N2O3/c1-14-4-5-15(2)20(14)17-8-6-16(7-9-17)18(23)19(11-13-22)10-3-12-21/h4-9,21-22H,3,10-13H2,1-2H3. The highest BCUT2D eigenvalue weighted by atomic mass is 16.3. The van der Waals surface area contributed by atoms with Gasteiger partial charge in [-0.1, -0.05) is 0 Å². The molecule has 0 aliphatic heterocycles. The zero-order valence-corrected chi connectivity index (χ0v) is 13.7. The number of aromatic nitrogens is 1. The SMILES string of the molecule is Cc1ccc(C)n1-c1ccc(C(=O)N(CCO)CCCO)cc1. The third-order valence-electron chi connectivity index (χ3n) is 3.89. The van der Waals surface area contributed by atoms with Crippen molar-refractivity contribution >= 4 is 5.91 Å². The Morgan fingerprint density at radius 2 is 1.57 bits per heavy atom. The molecule has 1 aromatic heterocycles. The number of nitrogens with zero attached hydrogens (tertiary/aromatic N) is 2. The Bertz CT molecular complexity index is 627. The average Bonchev–Trinajstić information content (AvgIpc) is 2.90. The molecule has 2 aromatic rings. The number of carbonyl (C=O) groups excluding carboxylic acids is 1. The predicted octanol–water partition coefficient (Wildman–Crippen LogP) is 1.91. The molecular formula is C18H24N2O3. The van der Waals surface area contributed by atoms with E-state index in [2.05, 4.69) is 16.7 Å². The van der Waals surface area contributed by atoms with Crippen LogP contribution in [0.15, 0.2) is 36.4 Å². The first-order chi connectivity index (χ1) is 11.1. The van der Waals surface area contributed by atoms with Crippen LogP contribution < -0.4 is 0 Å². The van der Waals surface area contributed by atoms with Crippen molar-refractivity contribution in [3.8, 4) is 5.69 Å². The lowest BCUT2D eigenvalue weighted by atomic mass is 10.1. The van der Waals surface area contributed by atoms with Crippen LogP contribution in [0.2, 0.25) is 0 Å². The van der Waals surface area contributed by atoms with E-state index >= 15 is 0 Å². The average molecular weight is 316 g/mol. The maximum atomic E-state index is 12.5. The number of hydrogen-bond acceptors (Lipinski definition) is 3. The summed E-state index contributed by atoms with van der Waals surface area (Å²) in [7, 11) is 0. The number of hydrogen-bond donors (Lipinski definition) is 2. The van der Waals surface area contributed by atoms with Crippen LogP contribution in [0.25, 0.3) is 5.69 Å². The molecule has 0 spiro atoms. The number of rotatable bonds is 7. The van der Waals surface area contributed by atoms with Crippen molar-refractivity contribution in [2.24, 2.45) is 0 Å². The van der Waals surface area contributed by atoms with Gasteiger partial charge >= 0.3 is 0 Å². The number of amides is 1. The van der Waals surface area contributed by atoms with Crippen molar-refractivity contribution in [1.29, 1.82) is 0 Å². The van der Waals surface area contributed by atoms with Gasteiger partial charge in [-0.2, -0.15) is 0 Å². The van der Waals surface area contributed by atoms with Gasteiger partial charge in [0.15, 0.2) is 0 Å². The Labute approximate surface area is 136 Å². The molecule has 0 fully saturated rings. The van der Waals surface area contributed by atoms with Crippen LogP contribution in [0.4, 0.5) is 0 Å². The van der Waals surface area contributed by atoms with E-state index < -0.39 is 0 Å². The summed E-state index contributed by atoms with van der Waals surface area (Å²) in [4.78, 5) is 14.1. The fraction of sp³-hybridized carbons (Fsp3) is 0.389. The molecule has 23 heavy (non-hydrogen) atoms. The highest BCUT2D eigenvalue weighted by Crippen LogP contribution is 2.17. The highest BCUT2D eigenvalue weighted by molar-refractivity contribution is 5.94. The zero-order chi connectivity index (χ0) is 16.8. The van der Waals surface area contributed by atoms with Crippen LogP contribution in [0.1, 0.15) is 28.2 Å². The van der Waals surface area contributed by atoms with E-state index in [0.29, 0.717) is 18.5 Å². The van der Waals surface area contributed by atoms with Crippen molar-refractivity contribution < 1.29 is 15.0 Å². The summed E-state index contributed by atoms with van der Waals surface area (Å²) in [5.74, 6) is -0.125. The smallest absolute Gasteiger partial charge is 0.253 e. The molecule has 5 heteroatoms. The van der Waals surface area contributed by atoms with E-state index in [1.807, 2.05) is 26.0 Å². The van der Waals surface area contributed by atoms with Gasteiger partial charge in [0.05, 0.1) is 6.61 Å². The maximum absolute atomic E-state index is 12.5. The number of aliphatic hydroxyl groups excluding tert-OH is 2. The van der Waals surface area contributed by atoms with Crippen LogP contribution in [0.5, 0.6) is 0 Å². The molecule has 1 amide bonds. The Balaban J connectivity index is 2.19. The molecule has 0 atom stereocenters. The van der Waals surface area contributed by atoms with Gasteiger partial charge in [-0.05, 0) is 56.7 Å². The van der Waals surface area contributed by atoms with Gasteiger partial charge in [-0.15, -0.1) is 0 Å². The minimum absolute atomic E-state index is 0.0281. The summed E-state index contributed by atoms with van der Waals surface area (Å²) in [5, 5.41) is 18.0. The molecule has 0 saturated heterocycles. The summed E-state index contributed by atoms with van der Waals surface area (Å²) in [5.41, 5.74) is 3.89. The minimum atomic E-state index is -0.125. The van der Waals surface area contributed by atoms with Crippen LogP contribution in [0.3, 0.4) is 0 Å². The summed E-state index contributed by atoms with van der Waals surface area (Å²) in [6.45, 7) is 4.75. The molecule has 2 N–H and O–H groups in total. The van der Waals surface area contributed by atoms with Gasteiger partial charge in [0.2, 0.25) is 0 Å². The third kappa shape index (κ3) is 4.00. The Morgan fingerprint density at radius 3 is 2.09 bits per heavy atom. The first-order valence-electron chi connectivity index (χ1n) is 7.85. The fourth-order valence-electron chi connectivity index (χ4n) is 2.71. The largest absolute Gasteiger partial charge is 0.396 e. The van der Waals surface area contributed by atoms with Crippen molar-refractivity contribution in [2.75, 3.05) is 26.3 Å². The monoisotopic (exact) mass is 316 g/mol. The summed E-state index contributed by atoms with van der Waals surface area (Å²) in [6, 6.07) is 11.6. The lowest BCUT2D eigenvalue weighted by Gasteiger charge is -2.21. The van der Waals surface area contributed by atoms with Crippen LogP contribution >= 0.6 is 0 Å². The molecule has 0 saturated carbocycles. The van der Waals surface area contributed by atoms with E-state index in [4.69, 9.17) is 10.2 Å². The lowest BCUT2D eigenvalue weighted by Crippen LogP contribution is -2.34. The van der Waals surface area contributed by atoms with E-state index in [1.165, 1.54) is 0 Å². The van der Waals surface area contributed by atoms with Crippen molar-refractivity contribution in [3.05, 3.63) is 53.3 Å². The van der Waals surface area contributed by atoms with Crippen molar-refractivity contribution in [3.63, 3.8) is 0 Å². The summed E-state index contributed by atoms with van der Waals surface area (Å²) in [6.07, 6.45) is 0.506. The first kappa shape index (κ1) is 17.2. The van der Waals surface area contributed by atoms with Gasteiger partial charge in [-0.25, -0.2) is 0 Å². The first-order valence-corrected chi connectivity index (χ1v) is 7.85. The van der Waals surface area contributed by atoms with Crippen molar-refractivity contribution in [2.45, 2.75) is 20.3 Å². The second-order valence-electron chi connectivity index (χ2n) is 5.59. The quantitative estimate of drug-likeness (QED) is 0.820. The molecule has 2 rings (SSSR count). The number of carbonyl (C=O) groups is 1. The van der Waals surface area contributed by atoms with Crippen LogP contribution in [-0.2, 0) is 0 Å². The number of aryl methyl sites for hydroxylation is 2. The van der Waals surface area contributed by atoms with E-state index in [0.717, 1.165) is 17.1 Å². The third-order valence-corrected chi connectivity index (χ3v) is 3.89. The summed E-state index contributed by atoms with van der Waals surface area (Å²) >= 11 is 0. The Morgan fingerprint density at radius 1 is 0.957 bits per heavy atom. The normalized spacial score (nSPS) is 10.8. The topological polar surface area (TPSA) is 65.7 Å². The van der Waals surface area contributed by atoms with Crippen LogP contribution in [-0.4, -0.2) is 51.9 Å². The lowest BCUT2D eigenvalue weighted by molar-refractivity contribution is 0.0710. The molecule has 1 aromatic carbocycles. The molecule has 0 radical (unpaired) electrons. The predicted molar refractivity (Wildman–Crippen MR) is 89.9 cm³/mol. The molecule has 0 bridgehead atoms. The molecule has 1 heterocycles. The molecule has 0 aliphatic rings. The van der Waals surface area contributed by atoms with Gasteiger partial charge in [0.1, 0.15) is 0 Å². The molecular weight excluding hydrogens is 292 g/mol. The second kappa shape index (κ2) is 7.94. The summed E-state index contributed by atoms with van der Waals surface area (Å²) < 4.78 is 2.13. The fourth-order valence-corrected chi connectivity index (χ4v) is 2.71. The number of benzene rings is 1.